The van der Waals surface area contributed by atoms with E-state index in [2.05, 4.69) is 14.9 Å². The molecule has 0 aliphatic heterocycles. The Balaban J connectivity index is 2.86. The van der Waals surface area contributed by atoms with E-state index in [1.807, 2.05) is 6.07 Å². The monoisotopic (exact) mass is 199 g/mol. The zero-order valence-corrected chi connectivity index (χ0v) is 6.83. The second-order valence-corrected chi connectivity index (χ2v) is 3.89. The van der Waals surface area contributed by atoms with Gasteiger partial charge >= 0.3 is 63.1 Å². The van der Waals surface area contributed by atoms with Crippen LogP contribution in [0.3, 0.4) is 0 Å². The van der Waals surface area contributed by atoms with Gasteiger partial charge in [0.05, 0.1) is 0 Å². The van der Waals surface area contributed by atoms with E-state index in [0.29, 0.717) is 20.5 Å². The number of rotatable bonds is 0. The molecule has 0 spiro atoms. The first-order chi connectivity index (χ1) is 4.86. The Morgan fingerprint density at radius 3 is 3.30 bits per heavy atom. The van der Waals surface area contributed by atoms with Crippen LogP contribution in [0.2, 0.25) is 0 Å². The van der Waals surface area contributed by atoms with Crippen molar-refractivity contribution in [2.45, 2.75) is 0 Å². The summed E-state index contributed by atoms with van der Waals surface area (Å²) >= 11 is 0.434. The van der Waals surface area contributed by atoms with Crippen LogP contribution in [0.1, 0.15) is 0 Å². The van der Waals surface area contributed by atoms with E-state index in [-0.39, 0.29) is 0 Å². The van der Waals surface area contributed by atoms with Gasteiger partial charge < -0.3 is 0 Å². The molecule has 0 saturated carbocycles. The average molecular weight is 198 g/mol. The first-order valence-corrected chi connectivity index (χ1v) is 4.66. The van der Waals surface area contributed by atoms with E-state index in [1.54, 1.807) is 6.20 Å². The molecular formula is C6H5N3Se. The van der Waals surface area contributed by atoms with Crippen LogP contribution < -0.4 is 5.73 Å². The van der Waals surface area contributed by atoms with Gasteiger partial charge in [-0.05, 0) is 0 Å². The number of nitrogen functional groups attached to an aromatic ring is 1. The molecule has 2 N–H and O–H groups in total. The summed E-state index contributed by atoms with van der Waals surface area (Å²) in [5.41, 5.74) is 6.37. The standard InChI is InChI=1S/C6H5N3Se/c7-6-8-3-5-4(9-6)1-2-10-5/h1-3H,(H2,7,8,9). The molecule has 0 aliphatic rings. The van der Waals surface area contributed by atoms with Crippen LogP contribution in [0.15, 0.2) is 17.2 Å². The Morgan fingerprint density at radius 2 is 2.40 bits per heavy atom. The Morgan fingerprint density at radius 1 is 1.50 bits per heavy atom. The number of nitrogens with zero attached hydrogens (tertiary/aromatic N) is 2. The van der Waals surface area contributed by atoms with E-state index in [0.717, 1.165) is 5.52 Å². The molecule has 0 unspecified atom stereocenters. The molecule has 0 fully saturated rings. The third-order valence-electron chi connectivity index (χ3n) is 1.22. The third-order valence-corrected chi connectivity index (χ3v) is 2.99. The maximum atomic E-state index is 5.38. The quantitative estimate of drug-likeness (QED) is 0.618. The van der Waals surface area contributed by atoms with E-state index in [9.17, 15) is 0 Å². The fraction of sp³-hybridized carbons (Fsp3) is 0. The number of anilines is 1. The fourth-order valence-electron chi connectivity index (χ4n) is 0.780. The molecule has 0 radical (unpaired) electrons. The second-order valence-electron chi connectivity index (χ2n) is 1.90. The molecule has 2 aromatic rings. The molecule has 10 heavy (non-hydrogen) atoms. The molecule has 2 rings (SSSR count). The van der Waals surface area contributed by atoms with Crippen molar-refractivity contribution in [2.24, 2.45) is 0 Å². The van der Waals surface area contributed by atoms with Crippen LogP contribution in [0.25, 0.3) is 9.78 Å². The molecule has 0 aromatic carbocycles. The summed E-state index contributed by atoms with van der Waals surface area (Å²) in [6.07, 6.45) is 1.80. The van der Waals surface area contributed by atoms with Gasteiger partial charge in [0, 0.05) is 0 Å². The van der Waals surface area contributed by atoms with Crippen LogP contribution in [-0.4, -0.2) is 24.5 Å². The second kappa shape index (κ2) is 2.08. The minimum atomic E-state index is 0.362. The van der Waals surface area contributed by atoms with Gasteiger partial charge in [-0.1, -0.05) is 0 Å². The molecule has 3 nitrogen and oxygen atoms in total. The van der Waals surface area contributed by atoms with Crippen LogP contribution >= 0.6 is 0 Å². The van der Waals surface area contributed by atoms with Crippen molar-refractivity contribution in [3.63, 3.8) is 0 Å². The number of hydrogen-bond acceptors (Lipinski definition) is 3. The first kappa shape index (κ1) is 5.89. The molecule has 0 amide bonds. The predicted molar refractivity (Wildman–Crippen MR) is 40.9 cm³/mol. The molecule has 2 aromatic heterocycles. The van der Waals surface area contributed by atoms with Crippen molar-refractivity contribution in [1.29, 1.82) is 0 Å². The molecular weight excluding hydrogens is 193 g/mol. The van der Waals surface area contributed by atoms with Gasteiger partial charge in [-0.15, -0.1) is 0 Å². The summed E-state index contributed by atoms with van der Waals surface area (Å²) in [6.45, 7) is 0. The van der Waals surface area contributed by atoms with Crippen molar-refractivity contribution in [3.05, 3.63) is 17.2 Å². The zero-order valence-electron chi connectivity index (χ0n) is 5.11. The van der Waals surface area contributed by atoms with Crippen LogP contribution in [0.4, 0.5) is 5.95 Å². The van der Waals surface area contributed by atoms with Crippen molar-refractivity contribution < 1.29 is 0 Å². The molecule has 50 valence electrons. The summed E-state index contributed by atoms with van der Waals surface area (Å²) in [5.74, 6) is 0.362. The van der Waals surface area contributed by atoms with Crippen LogP contribution in [0.5, 0.6) is 0 Å². The van der Waals surface area contributed by atoms with Gasteiger partial charge in [0.25, 0.3) is 0 Å². The van der Waals surface area contributed by atoms with Crippen LogP contribution in [-0.2, 0) is 0 Å². The normalized spacial score (nSPS) is 10.4. The fourth-order valence-corrected chi connectivity index (χ4v) is 2.23. The van der Waals surface area contributed by atoms with E-state index < -0.39 is 0 Å². The van der Waals surface area contributed by atoms with Gasteiger partial charge in [-0.2, -0.15) is 0 Å². The third kappa shape index (κ3) is 0.818. The summed E-state index contributed by atoms with van der Waals surface area (Å²) in [7, 11) is 0. The van der Waals surface area contributed by atoms with Crippen molar-refractivity contribution in [3.8, 4) is 0 Å². The summed E-state index contributed by atoms with van der Waals surface area (Å²) in [5, 5.41) is 0. The van der Waals surface area contributed by atoms with E-state index in [4.69, 9.17) is 5.73 Å². The van der Waals surface area contributed by atoms with Gasteiger partial charge in [0.2, 0.25) is 0 Å². The number of hydrogen-bond donors (Lipinski definition) is 1. The van der Waals surface area contributed by atoms with Gasteiger partial charge in [-0.3, -0.25) is 0 Å². The summed E-state index contributed by atoms with van der Waals surface area (Å²) in [4.78, 5) is 10.1. The first-order valence-electron chi connectivity index (χ1n) is 2.82. The molecule has 0 aliphatic carbocycles. The van der Waals surface area contributed by atoms with Crippen molar-refractivity contribution >= 4 is 30.2 Å². The Kier molecular flexibility index (Phi) is 1.22. The zero-order chi connectivity index (χ0) is 6.97. The van der Waals surface area contributed by atoms with Gasteiger partial charge in [-0.25, -0.2) is 0 Å². The molecule has 0 bridgehead atoms. The number of nitrogens with two attached hydrogens (primary N) is 1. The van der Waals surface area contributed by atoms with E-state index in [1.165, 1.54) is 4.26 Å². The molecule has 4 heteroatoms. The van der Waals surface area contributed by atoms with Crippen molar-refractivity contribution in [2.75, 3.05) is 5.73 Å². The van der Waals surface area contributed by atoms with Gasteiger partial charge in [0.15, 0.2) is 0 Å². The number of fused-ring (bicyclic) bond motifs is 1. The maximum absolute atomic E-state index is 5.38. The van der Waals surface area contributed by atoms with Crippen LogP contribution in [0, 0.1) is 0 Å². The topological polar surface area (TPSA) is 51.8 Å². The SMILES string of the molecule is Nc1ncc2[se]ccc2n1. The predicted octanol–water partition coefficient (Wildman–Crippen LogP) is 0.269. The summed E-state index contributed by atoms with van der Waals surface area (Å²) in [6, 6.07) is 1.99. The molecule has 2 heterocycles. The Labute approximate surface area is 63.6 Å². The summed E-state index contributed by atoms with van der Waals surface area (Å²) < 4.78 is 1.22. The molecule has 0 saturated heterocycles. The Hall–Kier alpha value is -0.861. The van der Waals surface area contributed by atoms with Crippen molar-refractivity contribution in [1.82, 2.24) is 9.97 Å². The van der Waals surface area contributed by atoms with Gasteiger partial charge in [0.1, 0.15) is 0 Å². The minimum absolute atomic E-state index is 0.362. The average Bonchev–Trinajstić information content (AvgIpc) is 2.33. The number of aromatic nitrogens is 2. The molecule has 0 atom stereocenters. The van der Waals surface area contributed by atoms with E-state index >= 15 is 0 Å². The Bertz CT molecular complexity index is 355.